The van der Waals surface area contributed by atoms with E-state index in [2.05, 4.69) is 22.0 Å². The van der Waals surface area contributed by atoms with Gasteiger partial charge in [0.25, 0.3) is 0 Å². The van der Waals surface area contributed by atoms with Crippen LogP contribution in [-0.2, 0) is 13.0 Å². The molecule has 0 fully saturated rings. The van der Waals surface area contributed by atoms with E-state index in [1.165, 1.54) is 29.8 Å². The summed E-state index contributed by atoms with van der Waals surface area (Å²) in [5.41, 5.74) is 4.45. The van der Waals surface area contributed by atoms with Crippen LogP contribution in [0.1, 0.15) is 24.6 Å². The lowest BCUT2D eigenvalue weighted by Gasteiger charge is -2.26. The fourth-order valence-corrected chi connectivity index (χ4v) is 2.70. The van der Waals surface area contributed by atoms with Gasteiger partial charge in [-0.25, -0.2) is 4.39 Å². The Kier molecular flexibility index (Phi) is 3.34. The van der Waals surface area contributed by atoms with Crippen LogP contribution in [0.3, 0.4) is 0 Å². The van der Waals surface area contributed by atoms with Crippen LogP contribution in [-0.4, -0.2) is 28.2 Å². The molecule has 1 N–H and O–H groups in total. The second-order valence-electron chi connectivity index (χ2n) is 5.06. The maximum absolute atomic E-state index is 13.0. The first kappa shape index (κ1) is 12.4. The third-order valence-corrected chi connectivity index (χ3v) is 3.67. The molecule has 0 amide bonds. The maximum atomic E-state index is 13.0. The van der Waals surface area contributed by atoms with E-state index in [4.69, 9.17) is 0 Å². The predicted molar refractivity (Wildman–Crippen MR) is 73.3 cm³/mol. The molecule has 2 heterocycles. The standard InChI is InChI=1S/C15H18FN3/c1-2-8-19-9-7-14-13(10-19)15(18-17-14)11-3-5-12(16)6-4-11/h3-6H,2,7-10H2,1H3,(H,17,18). The fraction of sp³-hybridized carbons (Fsp3) is 0.400. The number of rotatable bonds is 3. The third-order valence-electron chi connectivity index (χ3n) is 3.67. The molecule has 1 aliphatic rings. The highest BCUT2D eigenvalue weighted by atomic mass is 19.1. The molecule has 0 saturated carbocycles. The van der Waals surface area contributed by atoms with E-state index in [0.717, 1.165) is 37.3 Å². The first-order chi connectivity index (χ1) is 9.28. The second kappa shape index (κ2) is 5.13. The van der Waals surface area contributed by atoms with E-state index in [1.54, 1.807) is 12.1 Å². The molecule has 0 bridgehead atoms. The van der Waals surface area contributed by atoms with Gasteiger partial charge in [-0.2, -0.15) is 5.10 Å². The van der Waals surface area contributed by atoms with Crippen LogP contribution in [0.5, 0.6) is 0 Å². The zero-order valence-corrected chi connectivity index (χ0v) is 11.1. The molecule has 0 aliphatic carbocycles. The molecule has 1 aromatic carbocycles. The number of aromatic amines is 1. The Labute approximate surface area is 112 Å². The molecule has 100 valence electrons. The Hall–Kier alpha value is -1.68. The van der Waals surface area contributed by atoms with Gasteiger partial charge in [-0.05, 0) is 37.2 Å². The molecule has 1 aromatic heterocycles. The molecular weight excluding hydrogens is 241 g/mol. The van der Waals surface area contributed by atoms with E-state index in [9.17, 15) is 4.39 Å². The lowest BCUT2D eigenvalue weighted by atomic mass is 10.0. The van der Waals surface area contributed by atoms with Gasteiger partial charge in [0, 0.05) is 36.3 Å². The average molecular weight is 259 g/mol. The first-order valence-electron chi connectivity index (χ1n) is 6.82. The predicted octanol–water partition coefficient (Wildman–Crippen LogP) is 2.98. The smallest absolute Gasteiger partial charge is 0.123 e. The van der Waals surface area contributed by atoms with E-state index >= 15 is 0 Å². The summed E-state index contributed by atoms with van der Waals surface area (Å²) < 4.78 is 13.0. The minimum Gasteiger partial charge on any atom is -0.299 e. The number of aromatic nitrogens is 2. The molecule has 2 aromatic rings. The SMILES string of the molecule is CCCN1CCc2[nH]nc(-c3ccc(F)cc3)c2C1. The van der Waals surface area contributed by atoms with Crippen LogP contribution in [0.15, 0.2) is 24.3 Å². The van der Waals surface area contributed by atoms with Crippen molar-refractivity contribution in [1.29, 1.82) is 0 Å². The molecule has 1 aliphatic heterocycles. The van der Waals surface area contributed by atoms with Gasteiger partial charge in [-0.3, -0.25) is 10.00 Å². The van der Waals surface area contributed by atoms with Crippen molar-refractivity contribution in [3.8, 4) is 11.3 Å². The minimum atomic E-state index is -0.208. The summed E-state index contributed by atoms with van der Waals surface area (Å²) in [6.45, 7) is 5.34. The zero-order chi connectivity index (χ0) is 13.2. The summed E-state index contributed by atoms with van der Waals surface area (Å²) in [5, 5.41) is 7.55. The van der Waals surface area contributed by atoms with Gasteiger partial charge in [-0.15, -0.1) is 0 Å². The van der Waals surface area contributed by atoms with Gasteiger partial charge in [0.15, 0.2) is 0 Å². The van der Waals surface area contributed by atoms with E-state index in [0.29, 0.717) is 0 Å². The van der Waals surface area contributed by atoms with Crippen molar-refractivity contribution in [3.05, 3.63) is 41.3 Å². The highest BCUT2D eigenvalue weighted by Crippen LogP contribution is 2.28. The summed E-state index contributed by atoms with van der Waals surface area (Å²) in [5.74, 6) is -0.208. The fourth-order valence-electron chi connectivity index (χ4n) is 2.70. The number of halogens is 1. The molecule has 19 heavy (non-hydrogen) atoms. The van der Waals surface area contributed by atoms with Crippen molar-refractivity contribution in [2.45, 2.75) is 26.3 Å². The Balaban J connectivity index is 1.92. The molecule has 0 spiro atoms. The maximum Gasteiger partial charge on any atom is 0.123 e. The van der Waals surface area contributed by atoms with Gasteiger partial charge < -0.3 is 0 Å². The number of nitrogens with zero attached hydrogens (tertiary/aromatic N) is 2. The summed E-state index contributed by atoms with van der Waals surface area (Å²) in [7, 11) is 0. The van der Waals surface area contributed by atoms with Crippen molar-refractivity contribution < 1.29 is 4.39 Å². The molecule has 0 atom stereocenters. The van der Waals surface area contributed by atoms with Crippen LogP contribution >= 0.6 is 0 Å². The molecule has 0 saturated heterocycles. The van der Waals surface area contributed by atoms with Gasteiger partial charge >= 0.3 is 0 Å². The van der Waals surface area contributed by atoms with Gasteiger partial charge in [0.05, 0.1) is 5.69 Å². The van der Waals surface area contributed by atoms with Gasteiger partial charge in [0.2, 0.25) is 0 Å². The number of H-pyrrole nitrogens is 1. The highest BCUT2D eigenvalue weighted by Gasteiger charge is 2.22. The Bertz CT molecular complexity index is 559. The van der Waals surface area contributed by atoms with Gasteiger partial charge in [0.1, 0.15) is 5.82 Å². The average Bonchev–Trinajstić information content (AvgIpc) is 2.83. The van der Waals surface area contributed by atoms with Crippen LogP contribution in [0.25, 0.3) is 11.3 Å². The summed E-state index contributed by atoms with van der Waals surface area (Å²) in [6.07, 6.45) is 2.18. The molecule has 4 heteroatoms. The highest BCUT2D eigenvalue weighted by molar-refractivity contribution is 5.64. The normalized spacial score (nSPS) is 15.5. The van der Waals surface area contributed by atoms with E-state index < -0.39 is 0 Å². The molecule has 3 nitrogen and oxygen atoms in total. The van der Waals surface area contributed by atoms with Crippen LogP contribution in [0.4, 0.5) is 4.39 Å². The lowest BCUT2D eigenvalue weighted by Crippen LogP contribution is -2.31. The largest absolute Gasteiger partial charge is 0.299 e. The third kappa shape index (κ3) is 2.40. The van der Waals surface area contributed by atoms with Crippen molar-refractivity contribution in [2.75, 3.05) is 13.1 Å². The number of hydrogen-bond donors (Lipinski definition) is 1. The monoisotopic (exact) mass is 259 g/mol. The van der Waals surface area contributed by atoms with Crippen LogP contribution in [0.2, 0.25) is 0 Å². The molecule has 0 radical (unpaired) electrons. The second-order valence-corrected chi connectivity index (χ2v) is 5.06. The molecular formula is C15H18FN3. The lowest BCUT2D eigenvalue weighted by molar-refractivity contribution is 0.254. The van der Waals surface area contributed by atoms with Crippen LogP contribution < -0.4 is 0 Å². The molecule has 3 rings (SSSR count). The van der Waals surface area contributed by atoms with Crippen molar-refractivity contribution in [2.24, 2.45) is 0 Å². The van der Waals surface area contributed by atoms with E-state index in [-0.39, 0.29) is 5.82 Å². The van der Waals surface area contributed by atoms with Crippen molar-refractivity contribution in [3.63, 3.8) is 0 Å². The topological polar surface area (TPSA) is 31.9 Å². The van der Waals surface area contributed by atoms with Crippen molar-refractivity contribution >= 4 is 0 Å². The van der Waals surface area contributed by atoms with Crippen molar-refractivity contribution in [1.82, 2.24) is 15.1 Å². The number of nitrogens with one attached hydrogen (secondary N) is 1. The first-order valence-corrected chi connectivity index (χ1v) is 6.82. The summed E-state index contributed by atoms with van der Waals surface area (Å²) >= 11 is 0. The Morgan fingerprint density at radius 1 is 1.32 bits per heavy atom. The molecule has 0 unspecified atom stereocenters. The number of benzene rings is 1. The number of fused-ring (bicyclic) bond motifs is 1. The zero-order valence-electron chi connectivity index (χ0n) is 11.1. The Morgan fingerprint density at radius 3 is 2.84 bits per heavy atom. The number of hydrogen-bond acceptors (Lipinski definition) is 2. The van der Waals surface area contributed by atoms with Gasteiger partial charge in [-0.1, -0.05) is 6.92 Å². The Morgan fingerprint density at radius 2 is 2.11 bits per heavy atom. The van der Waals surface area contributed by atoms with Crippen LogP contribution in [0, 0.1) is 5.82 Å². The van der Waals surface area contributed by atoms with E-state index in [1.807, 2.05) is 0 Å². The quantitative estimate of drug-likeness (QED) is 0.919. The summed E-state index contributed by atoms with van der Waals surface area (Å²) in [4.78, 5) is 2.45. The minimum absolute atomic E-state index is 0.208. The summed E-state index contributed by atoms with van der Waals surface area (Å²) in [6, 6.07) is 6.57.